The van der Waals surface area contributed by atoms with Crippen molar-refractivity contribution < 1.29 is 23.5 Å². The molecule has 24 heavy (non-hydrogen) atoms. The summed E-state index contributed by atoms with van der Waals surface area (Å²) in [5, 5.41) is 12.7. The van der Waals surface area contributed by atoms with Gasteiger partial charge in [0, 0.05) is 12.1 Å². The van der Waals surface area contributed by atoms with Crippen LogP contribution in [0.3, 0.4) is 0 Å². The second-order valence-corrected chi connectivity index (χ2v) is 5.83. The van der Waals surface area contributed by atoms with E-state index >= 15 is 0 Å². The predicted octanol–water partition coefficient (Wildman–Crippen LogP) is 3.45. The third-order valence-electron chi connectivity index (χ3n) is 3.39. The van der Waals surface area contributed by atoms with Gasteiger partial charge in [-0.2, -0.15) is 0 Å². The number of nitrogens with zero attached hydrogens (tertiary/aromatic N) is 3. The minimum Gasteiger partial charge on any atom is -0.453 e. The van der Waals surface area contributed by atoms with Crippen LogP contribution in [0.4, 0.5) is 8.78 Å². The average molecular weight is 339 g/mol. The normalized spacial score (nSPS) is 11.2. The van der Waals surface area contributed by atoms with Gasteiger partial charge in [0.1, 0.15) is 17.5 Å². The molecule has 1 aromatic heterocycles. The molecule has 0 spiro atoms. The zero-order valence-corrected chi connectivity index (χ0v) is 13.8. The van der Waals surface area contributed by atoms with Crippen LogP contribution in [0.5, 0.6) is 11.5 Å². The first-order chi connectivity index (χ1) is 11.2. The van der Waals surface area contributed by atoms with Crippen LogP contribution < -0.4 is 4.74 Å². The number of amides is 1. The van der Waals surface area contributed by atoms with Gasteiger partial charge in [-0.25, -0.2) is 8.78 Å². The van der Waals surface area contributed by atoms with E-state index in [9.17, 15) is 13.6 Å². The molecule has 0 aliphatic heterocycles. The molecule has 0 saturated carbocycles. The monoisotopic (exact) mass is 339 g/mol. The minimum atomic E-state index is -1.28. The largest absolute Gasteiger partial charge is 0.453 e. The van der Waals surface area contributed by atoms with E-state index in [1.165, 1.54) is 17.2 Å². The van der Waals surface area contributed by atoms with Gasteiger partial charge in [-0.1, -0.05) is 0 Å². The van der Waals surface area contributed by atoms with E-state index < -0.39 is 23.1 Å². The van der Waals surface area contributed by atoms with Gasteiger partial charge >= 0.3 is 0 Å². The summed E-state index contributed by atoms with van der Waals surface area (Å²) in [5.41, 5.74) is -0.497. The molecule has 0 unspecified atom stereocenters. The summed E-state index contributed by atoms with van der Waals surface area (Å²) in [5.74, 6) is -3.17. The molecule has 1 N–H and O–H groups in total. The number of carbonyl (C=O) groups excluding carboxylic acids is 1. The van der Waals surface area contributed by atoms with Crippen molar-refractivity contribution in [2.75, 3.05) is 0 Å². The summed E-state index contributed by atoms with van der Waals surface area (Å²) in [4.78, 5) is 14.7. The lowest BCUT2D eigenvalue weighted by Gasteiger charge is -2.31. The van der Waals surface area contributed by atoms with Crippen molar-refractivity contribution in [2.24, 2.45) is 0 Å². The van der Waals surface area contributed by atoms with Crippen molar-refractivity contribution in [3.63, 3.8) is 0 Å². The molecule has 0 aliphatic carbocycles. The Morgan fingerprint density at radius 1 is 1.25 bits per heavy atom. The number of rotatable bonds is 5. The SMILES string of the molecule is CC(C)N(C(=O)c1c(Oc2cnn(O)c2)ccc(F)c1F)C(C)C. The number of halogens is 2. The van der Waals surface area contributed by atoms with Crippen molar-refractivity contribution in [3.8, 4) is 11.5 Å². The van der Waals surface area contributed by atoms with Crippen LogP contribution in [-0.4, -0.2) is 38.0 Å². The molecule has 0 fully saturated rings. The number of benzene rings is 1. The fraction of sp³-hybridized carbons (Fsp3) is 0.375. The zero-order valence-electron chi connectivity index (χ0n) is 13.8. The molecular formula is C16H19F2N3O3. The fourth-order valence-electron chi connectivity index (χ4n) is 2.49. The van der Waals surface area contributed by atoms with Crippen LogP contribution in [0.25, 0.3) is 0 Å². The van der Waals surface area contributed by atoms with E-state index in [0.717, 1.165) is 12.3 Å². The molecule has 0 aliphatic rings. The molecule has 1 amide bonds. The molecule has 0 bridgehead atoms. The summed E-state index contributed by atoms with van der Waals surface area (Å²) in [7, 11) is 0. The van der Waals surface area contributed by atoms with Crippen LogP contribution >= 0.6 is 0 Å². The maximum Gasteiger partial charge on any atom is 0.261 e. The standard InChI is InChI=1S/C16H19F2N3O3/c1-9(2)21(10(3)4)16(22)14-13(6-5-12(17)15(14)18)24-11-7-19-20(23)8-11/h5-10,23H,1-4H3. The third kappa shape index (κ3) is 3.47. The maximum absolute atomic E-state index is 14.3. The summed E-state index contributed by atoms with van der Waals surface area (Å²) in [6.07, 6.45) is 2.30. The first-order valence-electron chi connectivity index (χ1n) is 7.44. The second kappa shape index (κ2) is 6.86. The van der Waals surface area contributed by atoms with E-state index in [1.54, 1.807) is 27.7 Å². The van der Waals surface area contributed by atoms with E-state index in [1.807, 2.05) is 0 Å². The fourth-order valence-corrected chi connectivity index (χ4v) is 2.49. The molecule has 0 radical (unpaired) electrons. The first-order valence-corrected chi connectivity index (χ1v) is 7.44. The highest BCUT2D eigenvalue weighted by atomic mass is 19.2. The van der Waals surface area contributed by atoms with Crippen LogP contribution in [0.2, 0.25) is 0 Å². The van der Waals surface area contributed by atoms with Crippen LogP contribution in [-0.2, 0) is 0 Å². The Kier molecular flexibility index (Phi) is 5.06. The molecule has 1 aromatic carbocycles. The Morgan fingerprint density at radius 2 is 1.88 bits per heavy atom. The van der Waals surface area contributed by atoms with Gasteiger partial charge in [0.15, 0.2) is 17.4 Å². The van der Waals surface area contributed by atoms with Crippen LogP contribution in [0.1, 0.15) is 38.1 Å². The second-order valence-electron chi connectivity index (χ2n) is 5.83. The Bertz CT molecular complexity index is 736. The van der Waals surface area contributed by atoms with Gasteiger partial charge in [0.05, 0.1) is 6.20 Å². The molecule has 0 atom stereocenters. The smallest absolute Gasteiger partial charge is 0.261 e. The lowest BCUT2D eigenvalue weighted by molar-refractivity contribution is 0.0635. The Morgan fingerprint density at radius 3 is 2.38 bits per heavy atom. The lowest BCUT2D eigenvalue weighted by Crippen LogP contribution is -2.42. The van der Waals surface area contributed by atoms with Crippen molar-refractivity contribution in [1.29, 1.82) is 0 Å². The van der Waals surface area contributed by atoms with E-state index in [0.29, 0.717) is 4.85 Å². The molecule has 130 valence electrons. The number of aromatic nitrogens is 2. The molecule has 6 nitrogen and oxygen atoms in total. The van der Waals surface area contributed by atoms with Gasteiger partial charge in [0.2, 0.25) is 0 Å². The van der Waals surface area contributed by atoms with Crippen LogP contribution in [0.15, 0.2) is 24.5 Å². The number of hydrogen-bond donors (Lipinski definition) is 1. The number of ether oxygens (including phenoxy) is 1. The van der Waals surface area contributed by atoms with Gasteiger partial charge < -0.3 is 14.8 Å². The Balaban J connectivity index is 2.50. The van der Waals surface area contributed by atoms with Crippen LogP contribution in [0, 0.1) is 11.6 Å². The molecular weight excluding hydrogens is 320 g/mol. The van der Waals surface area contributed by atoms with Crippen molar-refractivity contribution in [2.45, 2.75) is 39.8 Å². The van der Waals surface area contributed by atoms with Gasteiger partial charge in [-0.05, 0) is 39.8 Å². The minimum absolute atomic E-state index is 0.0817. The highest BCUT2D eigenvalue weighted by molar-refractivity contribution is 5.97. The number of hydrogen-bond acceptors (Lipinski definition) is 4. The summed E-state index contributed by atoms with van der Waals surface area (Å²) < 4.78 is 33.4. The molecule has 1 heterocycles. The van der Waals surface area contributed by atoms with Gasteiger partial charge in [0.25, 0.3) is 5.91 Å². The summed E-state index contributed by atoms with van der Waals surface area (Å²) >= 11 is 0. The van der Waals surface area contributed by atoms with Crippen molar-refractivity contribution in [3.05, 3.63) is 41.7 Å². The number of carbonyl (C=O) groups is 1. The predicted molar refractivity (Wildman–Crippen MR) is 82.3 cm³/mol. The van der Waals surface area contributed by atoms with Gasteiger partial charge in [-0.15, -0.1) is 9.94 Å². The lowest BCUT2D eigenvalue weighted by atomic mass is 10.1. The summed E-state index contributed by atoms with van der Waals surface area (Å²) in [6.45, 7) is 7.13. The molecule has 8 heteroatoms. The van der Waals surface area contributed by atoms with E-state index in [4.69, 9.17) is 9.94 Å². The van der Waals surface area contributed by atoms with Crippen molar-refractivity contribution in [1.82, 2.24) is 14.8 Å². The van der Waals surface area contributed by atoms with E-state index in [-0.39, 0.29) is 23.6 Å². The quantitative estimate of drug-likeness (QED) is 0.847. The topological polar surface area (TPSA) is 67.6 Å². The summed E-state index contributed by atoms with van der Waals surface area (Å²) in [6, 6.07) is 1.61. The van der Waals surface area contributed by atoms with Crippen molar-refractivity contribution >= 4 is 5.91 Å². The van der Waals surface area contributed by atoms with Gasteiger partial charge in [-0.3, -0.25) is 4.79 Å². The molecule has 2 aromatic rings. The molecule has 0 saturated heterocycles. The highest BCUT2D eigenvalue weighted by Crippen LogP contribution is 2.30. The zero-order chi connectivity index (χ0) is 18.0. The Hall–Kier alpha value is -2.64. The third-order valence-corrected chi connectivity index (χ3v) is 3.39. The Labute approximate surface area is 138 Å². The molecule has 2 rings (SSSR count). The average Bonchev–Trinajstić information content (AvgIpc) is 2.87. The first kappa shape index (κ1) is 17.7. The maximum atomic E-state index is 14.3. The van der Waals surface area contributed by atoms with E-state index in [2.05, 4.69) is 5.10 Å². The highest BCUT2D eigenvalue weighted by Gasteiger charge is 2.29.